The number of para-hydroxylation sites is 1. The monoisotopic (exact) mass is 464 g/mol. The maximum atomic E-state index is 14.0. The largest absolute Gasteiger partial charge is 0.435 e. The second kappa shape index (κ2) is 10.5. The molecule has 4 rings (SSSR count). The number of hydrogen-bond acceptors (Lipinski definition) is 7. The van der Waals surface area contributed by atoms with Crippen molar-refractivity contribution in [3.05, 3.63) is 65.7 Å². The molecule has 0 spiro atoms. The molecule has 178 valence electrons. The van der Waals surface area contributed by atoms with Crippen LogP contribution in [0, 0.1) is 12.7 Å². The van der Waals surface area contributed by atoms with Gasteiger partial charge in [0.1, 0.15) is 11.4 Å². The van der Waals surface area contributed by atoms with Crippen LogP contribution >= 0.6 is 0 Å². The van der Waals surface area contributed by atoms with Crippen molar-refractivity contribution >= 4 is 17.7 Å². The van der Waals surface area contributed by atoms with Crippen molar-refractivity contribution in [2.45, 2.75) is 44.7 Å². The fourth-order valence-corrected chi connectivity index (χ4v) is 4.06. The molecular weight excluding hydrogens is 435 g/mol. The molecule has 1 saturated carbocycles. The van der Waals surface area contributed by atoms with Gasteiger partial charge in [0.15, 0.2) is 11.6 Å². The number of halogens is 1. The molecule has 34 heavy (non-hydrogen) atoms. The van der Waals surface area contributed by atoms with E-state index < -0.39 is 5.82 Å². The molecule has 3 aromatic rings. The van der Waals surface area contributed by atoms with Gasteiger partial charge in [0, 0.05) is 44.1 Å². The first-order valence-corrected chi connectivity index (χ1v) is 11.4. The quantitative estimate of drug-likeness (QED) is 0.538. The Kier molecular flexibility index (Phi) is 7.20. The zero-order valence-corrected chi connectivity index (χ0v) is 19.6. The molecule has 0 aliphatic heterocycles. The lowest BCUT2D eigenvalue weighted by atomic mass is 9.91. The number of hydrogen-bond donors (Lipinski definition) is 2. The van der Waals surface area contributed by atoms with Crippen LogP contribution in [-0.4, -0.2) is 47.0 Å². The maximum absolute atomic E-state index is 14.0. The number of rotatable bonds is 7. The summed E-state index contributed by atoms with van der Waals surface area (Å²) in [7, 11) is 3.92. The van der Waals surface area contributed by atoms with Crippen molar-refractivity contribution in [3.8, 4) is 11.6 Å². The lowest BCUT2D eigenvalue weighted by molar-refractivity contribution is 0.0923. The summed E-state index contributed by atoms with van der Waals surface area (Å²) in [4.78, 5) is 28.1. The fraction of sp³-hybridized carbons (Fsp3) is 0.360. The van der Waals surface area contributed by atoms with Crippen molar-refractivity contribution in [2.75, 3.05) is 24.3 Å². The third kappa shape index (κ3) is 5.59. The molecule has 8 nitrogen and oxygen atoms in total. The van der Waals surface area contributed by atoms with Crippen LogP contribution < -0.4 is 20.3 Å². The van der Waals surface area contributed by atoms with E-state index in [1.54, 1.807) is 24.3 Å². The summed E-state index contributed by atoms with van der Waals surface area (Å²) in [6.45, 7) is 1.99. The van der Waals surface area contributed by atoms with Gasteiger partial charge in [-0.15, -0.1) is 0 Å². The predicted octanol–water partition coefficient (Wildman–Crippen LogP) is 4.33. The number of anilines is 2. The van der Waals surface area contributed by atoms with Gasteiger partial charge in [0.05, 0.1) is 0 Å². The van der Waals surface area contributed by atoms with Crippen LogP contribution in [0.5, 0.6) is 11.6 Å². The topological polar surface area (TPSA) is 92.3 Å². The van der Waals surface area contributed by atoms with Crippen LogP contribution in [0.15, 0.2) is 48.8 Å². The van der Waals surface area contributed by atoms with Gasteiger partial charge >= 0.3 is 0 Å². The summed E-state index contributed by atoms with van der Waals surface area (Å²) < 4.78 is 19.6. The average Bonchev–Trinajstić information content (AvgIpc) is 2.83. The predicted molar refractivity (Wildman–Crippen MR) is 129 cm³/mol. The lowest BCUT2D eigenvalue weighted by Gasteiger charge is -2.30. The Bertz CT molecular complexity index is 1150. The number of aromatic nitrogens is 3. The van der Waals surface area contributed by atoms with Crippen LogP contribution in [0.4, 0.5) is 16.2 Å². The first kappa shape index (κ1) is 23.4. The smallest absolute Gasteiger partial charge is 0.257 e. The van der Waals surface area contributed by atoms with Crippen molar-refractivity contribution in [1.82, 2.24) is 20.3 Å². The first-order chi connectivity index (χ1) is 16.4. The van der Waals surface area contributed by atoms with Crippen molar-refractivity contribution < 1.29 is 13.9 Å². The molecule has 0 atom stereocenters. The molecular formula is C25H29FN6O2. The summed E-state index contributed by atoms with van der Waals surface area (Å²) in [5.74, 6) is 0.815. The van der Waals surface area contributed by atoms with Crippen LogP contribution in [0.1, 0.15) is 41.6 Å². The van der Waals surface area contributed by atoms with Gasteiger partial charge in [0.2, 0.25) is 11.8 Å². The molecule has 2 N–H and O–H groups in total. The number of nitrogens with one attached hydrogen (secondary N) is 2. The van der Waals surface area contributed by atoms with E-state index >= 15 is 0 Å². The van der Waals surface area contributed by atoms with Gasteiger partial charge < -0.3 is 20.3 Å². The van der Waals surface area contributed by atoms with E-state index in [1.165, 1.54) is 18.3 Å². The van der Waals surface area contributed by atoms with E-state index in [0.717, 1.165) is 37.1 Å². The molecule has 1 aliphatic carbocycles. The van der Waals surface area contributed by atoms with Gasteiger partial charge in [0.25, 0.3) is 5.91 Å². The van der Waals surface area contributed by atoms with Gasteiger partial charge in [-0.1, -0.05) is 12.1 Å². The minimum atomic E-state index is -0.513. The van der Waals surface area contributed by atoms with E-state index in [-0.39, 0.29) is 35.2 Å². The standard InChI is InChI=1S/C25H29FN6O2/c1-16-15-28-25(31-22(16)32(2)3)30-18-12-10-17(11-13-18)29-23(33)19-7-6-14-27-24(19)34-21-9-5-4-8-20(21)26/h4-9,14-15,17-18H,10-13H2,1-3H3,(H,29,33)(H,28,30,31). The second-order valence-electron chi connectivity index (χ2n) is 8.65. The Labute approximate surface area is 198 Å². The molecule has 0 bridgehead atoms. The summed E-state index contributed by atoms with van der Waals surface area (Å²) in [5, 5.41) is 6.50. The third-order valence-corrected chi connectivity index (χ3v) is 5.82. The van der Waals surface area contributed by atoms with E-state index in [0.29, 0.717) is 5.95 Å². The van der Waals surface area contributed by atoms with Crippen LogP contribution in [0.25, 0.3) is 0 Å². The second-order valence-corrected chi connectivity index (χ2v) is 8.65. The van der Waals surface area contributed by atoms with Gasteiger partial charge in [-0.2, -0.15) is 4.98 Å². The summed E-state index contributed by atoms with van der Waals surface area (Å²) in [6.07, 6.45) is 6.74. The van der Waals surface area contributed by atoms with Crippen LogP contribution in [-0.2, 0) is 0 Å². The summed E-state index contributed by atoms with van der Waals surface area (Å²) in [5.41, 5.74) is 1.30. The molecule has 9 heteroatoms. The van der Waals surface area contributed by atoms with Gasteiger partial charge in [-0.05, 0) is 56.9 Å². The fourth-order valence-electron chi connectivity index (χ4n) is 4.06. The summed E-state index contributed by atoms with van der Waals surface area (Å²) >= 11 is 0. The highest BCUT2D eigenvalue weighted by molar-refractivity contribution is 5.96. The summed E-state index contributed by atoms with van der Waals surface area (Å²) in [6, 6.07) is 9.60. The lowest BCUT2D eigenvalue weighted by Crippen LogP contribution is -2.40. The molecule has 1 aliphatic rings. The van der Waals surface area contributed by atoms with Crippen molar-refractivity contribution in [3.63, 3.8) is 0 Å². The number of aryl methyl sites for hydroxylation is 1. The Morgan fingerprint density at radius 2 is 1.79 bits per heavy atom. The Morgan fingerprint density at radius 3 is 2.53 bits per heavy atom. The Morgan fingerprint density at radius 1 is 1.06 bits per heavy atom. The number of carbonyl (C=O) groups is 1. The normalized spacial score (nSPS) is 17.6. The molecule has 0 unspecified atom stereocenters. The Hall–Kier alpha value is -3.75. The zero-order valence-electron chi connectivity index (χ0n) is 19.6. The number of nitrogens with zero attached hydrogens (tertiary/aromatic N) is 4. The number of amides is 1. The molecule has 2 heterocycles. The maximum Gasteiger partial charge on any atom is 0.257 e. The molecule has 1 aromatic carbocycles. The highest BCUT2D eigenvalue weighted by Gasteiger charge is 2.25. The minimum absolute atomic E-state index is 0.0255. The zero-order chi connectivity index (χ0) is 24.1. The number of pyridine rings is 1. The average molecular weight is 465 g/mol. The Balaban J connectivity index is 1.34. The van der Waals surface area contributed by atoms with E-state index in [4.69, 9.17) is 4.74 Å². The van der Waals surface area contributed by atoms with E-state index in [2.05, 4.69) is 25.6 Å². The van der Waals surface area contributed by atoms with Crippen molar-refractivity contribution in [2.24, 2.45) is 0 Å². The minimum Gasteiger partial charge on any atom is -0.435 e. The number of carbonyl (C=O) groups excluding carboxylic acids is 1. The highest BCUT2D eigenvalue weighted by atomic mass is 19.1. The van der Waals surface area contributed by atoms with Crippen LogP contribution in [0.2, 0.25) is 0 Å². The molecule has 0 saturated heterocycles. The van der Waals surface area contributed by atoms with Gasteiger partial charge in [-0.25, -0.2) is 14.4 Å². The number of ether oxygens (including phenoxy) is 1. The molecule has 1 fully saturated rings. The molecule has 2 aromatic heterocycles. The molecule has 1 amide bonds. The van der Waals surface area contributed by atoms with Gasteiger partial charge in [-0.3, -0.25) is 4.79 Å². The number of benzene rings is 1. The van der Waals surface area contributed by atoms with Crippen LogP contribution in [0.3, 0.4) is 0 Å². The third-order valence-electron chi connectivity index (χ3n) is 5.82. The SMILES string of the molecule is Cc1cnc(NC2CCC(NC(=O)c3cccnc3Oc3ccccc3F)CC2)nc1N(C)C. The van der Waals surface area contributed by atoms with E-state index in [1.807, 2.05) is 32.1 Å². The first-order valence-electron chi connectivity index (χ1n) is 11.4. The highest BCUT2D eigenvalue weighted by Crippen LogP contribution is 2.27. The van der Waals surface area contributed by atoms with Crippen molar-refractivity contribution in [1.29, 1.82) is 0 Å². The molecule has 0 radical (unpaired) electrons. The van der Waals surface area contributed by atoms with E-state index in [9.17, 15) is 9.18 Å².